The maximum atomic E-state index is 13.3. The standard InChI is InChI=1S/C17H23N3O2S/c1-16(2)7-12-8-17(3,9-16)10-20(12)23(21,22)14-6-4-5-13-15(14)19-11-18-13/h4-6,12H,7-11H2,1-3H3. The van der Waals surface area contributed by atoms with Crippen LogP contribution in [0, 0.1) is 10.8 Å². The van der Waals surface area contributed by atoms with E-state index >= 15 is 0 Å². The van der Waals surface area contributed by atoms with Gasteiger partial charge in [-0.3, -0.25) is 9.98 Å². The molecule has 124 valence electrons. The second-order valence-electron chi connectivity index (χ2n) is 8.35. The topological polar surface area (TPSA) is 62.1 Å². The van der Waals surface area contributed by atoms with Crippen LogP contribution in [0.2, 0.25) is 0 Å². The third-order valence-electron chi connectivity index (χ3n) is 5.40. The number of benzene rings is 1. The molecule has 1 aliphatic carbocycles. The fourth-order valence-corrected chi connectivity index (χ4v) is 6.94. The van der Waals surface area contributed by atoms with Gasteiger partial charge in [-0.1, -0.05) is 26.8 Å². The normalized spacial score (nSPS) is 32.2. The highest BCUT2D eigenvalue weighted by molar-refractivity contribution is 7.89. The molecule has 2 aliphatic heterocycles. The Kier molecular flexibility index (Phi) is 3.08. The minimum absolute atomic E-state index is 0.0823. The largest absolute Gasteiger partial charge is 0.260 e. The number of rotatable bonds is 2. The molecule has 0 radical (unpaired) electrons. The Bertz CT molecular complexity index is 891. The van der Waals surface area contributed by atoms with Crippen molar-refractivity contribution < 1.29 is 8.42 Å². The molecule has 3 aliphatic rings. The van der Waals surface area contributed by atoms with Gasteiger partial charge in [0.25, 0.3) is 0 Å². The molecule has 2 fully saturated rings. The molecule has 2 heterocycles. The zero-order valence-electron chi connectivity index (χ0n) is 13.9. The summed E-state index contributed by atoms with van der Waals surface area (Å²) in [5.74, 6) is 0. The maximum Gasteiger partial charge on any atom is 0.245 e. The van der Waals surface area contributed by atoms with E-state index in [9.17, 15) is 8.42 Å². The van der Waals surface area contributed by atoms with Gasteiger partial charge in [0.05, 0.1) is 5.36 Å². The van der Waals surface area contributed by atoms with Crippen LogP contribution >= 0.6 is 0 Å². The number of para-hydroxylation sites is 1. The number of hydrogen-bond acceptors (Lipinski definition) is 4. The van der Waals surface area contributed by atoms with Crippen molar-refractivity contribution in [3.63, 3.8) is 0 Å². The lowest BCUT2D eigenvalue weighted by atomic mass is 9.65. The first-order valence-electron chi connectivity index (χ1n) is 8.20. The van der Waals surface area contributed by atoms with Crippen molar-refractivity contribution in [3.05, 3.63) is 28.9 Å². The lowest BCUT2D eigenvalue weighted by molar-refractivity contribution is 0.133. The summed E-state index contributed by atoms with van der Waals surface area (Å²) < 4.78 is 28.4. The Labute approximate surface area is 137 Å². The molecular weight excluding hydrogens is 310 g/mol. The highest BCUT2D eigenvalue weighted by Gasteiger charge is 2.53. The predicted molar refractivity (Wildman–Crippen MR) is 87.0 cm³/mol. The van der Waals surface area contributed by atoms with Crippen molar-refractivity contribution in [1.82, 2.24) is 4.31 Å². The Morgan fingerprint density at radius 3 is 2.74 bits per heavy atom. The molecule has 1 saturated heterocycles. The molecule has 5 nitrogen and oxygen atoms in total. The Morgan fingerprint density at radius 2 is 1.96 bits per heavy atom. The van der Waals surface area contributed by atoms with Gasteiger partial charge in [0.1, 0.15) is 16.9 Å². The van der Waals surface area contributed by atoms with Crippen molar-refractivity contribution in [2.75, 3.05) is 13.2 Å². The average molecular weight is 333 g/mol. The van der Waals surface area contributed by atoms with Crippen molar-refractivity contribution in [3.8, 4) is 0 Å². The summed E-state index contributed by atoms with van der Waals surface area (Å²) in [7, 11) is -3.53. The van der Waals surface area contributed by atoms with E-state index in [0.29, 0.717) is 28.8 Å². The lowest BCUT2D eigenvalue weighted by Crippen LogP contribution is -2.41. The first-order chi connectivity index (χ1) is 10.7. The van der Waals surface area contributed by atoms with E-state index in [1.165, 1.54) is 0 Å². The minimum Gasteiger partial charge on any atom is -0.260 e. The first-order valence-corrected chi connectivity index (χ1v) is 9.64. The maximum absolute atomic E-state index is 13.3. The second kappa shape index (κ2) is 4.63. The third-order valence-corrected chi connectivity index (χ3v) is 7.33. The van der Waals surface area contributed by atoms with Gasteiger partial charge in [0, 0.05) is 12.6 Å². The second-order valence-corrected chi connectivity index (χ2v) is 10.2. The summed E-state index contributed by atoms with van der Waals surface area (Å²) in [5.41, 5.74) is 0.277. The van der Waals surface area contributed by atoms with E-state index in [1.54, 1.807) is 16.4 Å². The van der Waals surface area contributed by atoms with E-state index in [-0.39, 0.29) is 16.9 Å². The monoisotopic (exact) mass is 333 g/mol. The molecule has 2 bridgehead atoms. The Hall–Kier alpha value is -1.27. The Morgan fingerprint density at radius 1 is 1.17 bits per heavy atom. The highest BCUT2D eigenvalue weighted by Crippen LogP contribution is 2.53. The molecule has 2 atom stereocenters. The summed E-state index contributed by atoms with van der Waals surface area (Å²) >= 11 is 0. The van der Waals surface area contributed by atoms with Gasteiger partial charge in [0.2, 0.25) is 10.0 Å². The molecule has 23 heavy (non-hydrogen) atoms. The molecular formula is C17H23N3O2S. The van der Waals surface area contributed by atoms with Gasteiger partial charge in [0.15, 0.2) is 0 Å². The number of sulfonamides is 1. The quantitative estimate of drug-likeness (QED) is 0.823. The van der Waals surface area contributed by atoms with Crippen LogP contribution in [0.25, 0.3) is 0 Å². The summed E-state index contributed by atoms with van der Waals surface area (Å²) in [4.78, 5) is 8.87. The number of hydrogen-bond donors (Lipinski definition) is 0. The summed E-state index contributed by atoms with van der Waals surface area (Å²) in [6, 6.07) is 5.37. The lowest BCUT2D eigenvalue weighted by Gasteiger charge is -2.39. The van der Waals surface area contributed by atoms with Crippen molar-refractivity contribution >= 4 is 10.0 Å². The van der Waals surface area contributed by atoms with E-state index in [0.717, 1.165) is 19.3 Å². The van der Waals surface area contributed by atoms with E-state index in [1.807, 2.05) is 6.07 Å². The first kappa shape index (κ1) is 15.3. The van der Waals surface area contributed by atoms with Crippen LogP contribution in [-0.2, 0) is 10.0 Å². The SMILES string of the molecule is CC1(C)CC2CC(C)(CN2S(=O)(=O)c2cccc3c2=NCN=3)C1. The van der Waals surface area contributed by atoms with Gasteiger partial charge in [-0.25, -0.2) is 8.42 Å². The molecule has 1 aromatic rings. The molecule has 0 N–H and O–H groups in total. The van der Waals surface area contributed by atoms with Gasteiger partial charge < -0.3 is 0 Å². The molecule has 0 amide bonds. The highest BCUT2D eigenvalue weighted by atomic mass is 32.2. The third kappa shape index (κ3) is 2.34. The summed E-state index contributed by atoms with van der Waals surface area (Å²) in [5, 5.41) is 1.23. The van der Waals surface area contributed by atoms with E-state index in [2.05, 4.69) is 30.8 Å². The van der Waals surface area contributed by atoms with Crippen LogP contribution in [0.15, 0.2) is 33.1 Å². The van der Waals surface area contributed by atoms with Gasteiger partial charge in [-0.2, -0.15) is 4.31 Å². The fourth-order valence-electron chi connectivity index (χ4n) is 5.00. The zero-order valence-corrected chi connectivity index (χ0v) is 14.7. The summed E-state index contributed by atoms with van der Waals surface area (Å²) in [6.07, 6.45) is 2.97. The molecule has 6 heteroatoms. The molecule has 1 aromatic carbocycles. The molecule has 4 rings (SSSR count). The van der Waals surface area contributed by atoms with Gasteiger partial charge >= 0.3 is 0 Å². The zero-order chi connectivity index (χ0) is 16.5. The summed E-state index contributed by atoms with van der Waals surface area (Å²) in [6.45, 7) is 7.68. The number of fused-ring (bicyclic) bond motifs is 3. The van der Waals surface area contributed by atoms with Gasteiger partial charge in [-0.05, 0) is 42.2 Å². The number of nitrogens with zero attached hydrogens (tertiary/aromatic N) is 3. The van der Waals surface area contributed by atoms with E-state index < -0.39 is 10.0 Å². The van der Waals surface area contributed by atoms with Crippen LogP contribution in [0.4, 0.5) is 0 Å². The van der Waals surface area contributed by atoms with Crippen LogP contribution < -0.4 is 10.7 Å². The van der Waals surface area contributed by atoms with Crippen LogP contribution in [0.5, 0.6) is 0 Å². The van der Waals surface area contributed by atoms with E-state index in [4.69, 9.17) is 0 Å². The van der Waals surface area contributed by atoms with Crippen molar-refractivity contribution in [2.45, 2.75) is 51.0 Å². The van der Waals surface area contributed by atoms with Crippen LogP contribution in [-0.4, -0.2) is 32.0 Å². The Balaban J connectivity index is 1.80. The predicted octanol–water partition coefficient (Wildman–Crippen LogP) is 1.49. The van der Waals surface area contributed by atoms with Gasteiger partial charge in [-0.15, -0.1) is 0 Å². The smallest absolute Gasteiger partial charge is 0.245 e. The van der Waals surface area contributed by atoms with Crippen LogP contribution in [0.1, 0.15) is 40.0 Å². The molecule has 0 spiro atoms. The average Bonchev–Trinajstić information content (AvgIpc) is 2.99. The fraction of sp³-hybridized carbons (Fsp3) is 0.647. The molecule has 2 unspecified atom stereocenters. The van der Waals surface area contributed by atoms with Crippen molar-refractivity contribution in [1.29, 1.82) is 0 Å². The van der Waals surface area contributed by atoms with Crippen LogP contribution in [0.3, 0.4) is 0 Å². The van der Waals surface area contributed by atoms with Crippen molar-refractivity contribution in [2.24, 2.45) is 20.8 Å². The molecule has 0 aromatic heterocycles. The molecule has 1 saturated carbocycles. The minimum atomic E-state index is -3.53.